The summed E-state index contributed by atoms with van der Waals surface area (Å²) in [7, 11) is 0. The normalized spacial score (nSPS) is 13.3. The maximum absolute atomic E-state index is 7.62. The highest BCUT2D eigenvalue weighted by Crippen LogP contribution is 2.54. The average Bonchev–Trinajstić information content (AvgIpc) is 3.99. The Kier molecular flexibility index (Phi) is 7.71. The molecule has 2 aliphatic carbocycles. The first-order valence-electron chi connectivity index (χ1n) is 22.0. The molecule has 3 nitrogen and oxygen atoms in total. The minimum atomic E-state index is -0.155. The third-order valence-corrected chi connectivity index (χ3v) is 13.8. The Morgan fingerprint density at radius 2 is 0.857 bits per heavy atom. The number of benzene rings is 10. The summed E-state index contributed by atoms with van der Waals surface area (Å²) in [6, 6.07) is 75.5. The number of rotatable bonds is 6. The Hall–Kier alpha value is -7.88. The topological polar surface area (TPSA) is 19.6 Å². The molecule has 298 valence electrons. The van der Waals surface area contributed by atoms with Gasteiger partial charge in [0, 0.05) is 38.9 Å². The molecule has 0 radical (unpaired) electrons. The standard InChI is InChI=1S/C60H42N2O/c1-60(2)52-28-16-15-27-50(52)51-32-30-45(37-53(51)60)62(43-22-7-4-8-23-43)55-36-40-19-11-14-26-49(40)57-56-48-25-13-10-18-39(48)35-54(58(56)63-59(55)57)61(42-20-5-3-6-21-42)44-29-31-47-41(34-44)33-38-17-9-12-24-46(38)47/h3-32,34-37H,33H2,1-2H3. The van der Waals surface area contributed by atoms with Gasteiger partial charge >= 0.3 is 0 Å². The lowest BCUT2D eigenvalue weighted by molar-refractivity contribution is 0.660. The van der Waals surface area contributed by atoms with Crippen LogP contribution in [0.25, 0.3) is 65.7 Å². The lowest BCUT2D eigenvalue weighted by atomic mass is 9.82. The summed E-state index contributed by atoms with van der Waals surface area (Å²) < 4.78 is 7.62. The van der Waals surface area contributed by atoms with E-state index in [1.165, 1.54) is 44.5 Å². The fraction of sp³-hybridized carbons (Fsp3) is 0.0667. The van der Waals surface area contributed by atoms with Crippen molar-refractivity contribution >= 4 is 77.6 Å². The summed E-state index contributed by atoms with van der Waals surface area (Å²) in [6.45, 7) is 4.71. The van der Waals surface area contributed by atoms with E-state index in [4.69, 9.17) is 4.42 Å². The zero-order valence-corrected chi connectivity index (χ0v) is 35.1. The Morgan fingerprint density at radius 1 is 0.381 bits per heavy atom. The van der Waals surface area contributed by atoms with Crippen molar-refractivity contribution in [2.24, 2.45) is 0 Å². The molecular weight excluding hydrogens is 765 g/mol. The van der Waals surface area contributed by atoms with Crippen LogP contribution in [0, 0.1) is 0 Å². The van der Waals surface area contributed by atoms with E-state index < -0.39 is 0 Å². The quantitative estimate of drug-likeness (QED) is 0.167. The Bertz CT molecular complexity index is 3640. The second-order valence-corrected chi connectivity index (χ2v) is 17.7. The molecule has 0 bridgehead atoms. The molecule has 0 spiro atoms. The fourth-order valence-corrected chi connectivity index (χ4v) is 10.9. The molecule has 0 saturated carbocycles. The van der Waals surface area contributed by atoms with E-state index in [2.05, 4.69) is 230 Å². The van der Waals surface area contributed by atoms with Gasteiger partial charge in [0.1, 0.15) is 0 Å². The molecule has 1 heterocycles. The molecule has 0 atom stereocenters. The van der Waals surface area contributed by atoms with E-state index in [9.17, 15) is 0 Å². The Labute approximate surface area is 366 Å². The average molecular weight is 807 g/mol. The van der Waals surface area contributed by atoms with Gasteiger partial charge < -0.3 is 14.2 Å². The first kappa shape index (κ1) is 35.8. The van der Waals surface area contributed by atoms with Crippen LogP contribution < -0.4 is 9.80 Å². The Balaban J connectivity index is 1.11. The molecule has 0 aliphatic heterocycles. The number of furan rings is 1. The largest absolute Gasteiger partial charge is 0.452 e. The molecule has 0 N–H and O–H groups in total. The van der Waals surface area contributed by atoms with Gasteiger partial charge in [-0.25, -0.2) is 0 Å². The number of nitrogens with zero attached hydrogens (tertiary/aromatic N) is 2. The molecule has 1 aromatic heterocycles. The van der Waals surface area contributed by atoms with Crippen molar-refractivity contribution in [1.29, 1.82) is 0 Å². The van der Waals surface area contributed by atoms with E-state index in [0.29, 0.717) is 0 Å². The van der Waals surface area contributed by atoms with Crippen molar-refractivity contribution in [3.05, 3.63) is 229 Å². The third kappa shape index (κ3) is 5.33. The number of fused-ring (bicyclic) bond motifs is 13. The first-order valence-corrected chi connectivity index (χ1v) is 22.0. The number of anilines is 6. The zero-order chi connectivity index (χ0) is 41.8. The van der Waals surface area contributed by atoms with Crippen LogP contribution in [0.15, 0.2) is 211 Å². The van der Waals surface area contributed by atoms with Crippen molar-refractivity contribution in [2.45, 2.75) is 25.7 Å². The summed E-state index contributed by atoms with van der Waals surface area (Å²) in [5, 5.41) is 6.88. The molecule has 63 heavy (non-hydrogen) atoms. The smallest absolute Gasteiger partial charge is 0.160 e. The monoisotopic (exact) mass is 806 g/mol. The minimum absolute atomic E-state index is 0.155. The van der Waals surface area contributed by atoms with Crippen LogP contribution in [0.3, 0.4) is 0 Å². The molecule has 0 amide bonds. The molecule has 2 aliphatic rings. The lowest BCUT2D eigenvalue weighted by Crippen LogP contribution is -2.16. The van der Waals surface area contributed by atoms with Gasteiger partial charge in [-0.2, -0.15) is 0 Å². The molecule has 0 fully saturated rings. The molecular formula is C60H42N2O. The molecule has 11 aromatic rings. The molecule has 3 heteroatoms. The third-order valence-electron chi connectivity index (χ3n) is 13.8. The van der Waals surface area contributed by atoms with Gasteiger partial charge in [0.05, 0.1) is 11.4 Å². The van der Waals surface area contributed by atoms with E-state index in [1.54, 1.807) is 0 Å². The lowest BCUT2D eigenvalue weighted by Gasteiger charge is -2.28. The van der Waals surface area contributed by atoms with Crippen molar-refractivity contribution < 1.29 is 4.42 Å². The highest BCUT2D eigenvalue weighted by Gasteiger charge is 2.36. The molecule has 0 saturated heterocycles. The van der Waals surface area contributed by atoms with E-state index in [1.807, 2.05) is 0 Å². The minimum Gasteiger partial charge on any atom is -0.452 e. The van der Waals surface area contributed by atoms with Crippen LogP contribution in [-0.4, -0.2) is 0 Å². The molecule has 10 aromatic carbocycles. The van der Waals surface area contributed by atoms with Crippen molar-refractivity contribution in [3.8, 4) is 22.3 Å². The van der Waals surface area contributed by atoms with Gasteiger partial charge in [0.2, 0.25) is 0 Å². The summed E-state index contributed by atoms with van der Waals surface area (Å²) in [5.41, 5.74) is 18.5. The summed E-state index contributed by atoms with van der Waals surface area (Å²) >= 11 is 0. The second kappa shape index (κ2) is 13.6. The molecule has 13 rings (SSSR count). The first-order chi connectivity index (χ1) is 31.0. The molecule has 0 unspecified atom stereocenters. The van der Waals surface area contributed by atoms with E-state index >= 15 is 0 Å². The van der Waals surface area contributed by atoms with Crippen LogP contribution in [0.5, 0.6) is 0 Å². The van der Waals surface area contributed by atoms with Gasteiger partial charge in [0.25, 0.3) is 0 Å². The van der Waals surface area contributed by atoms with Crippen LogP contribution in [0.1, 0.15) is 36.1 Å². The van der Waals surface area contributed by atoms with Crippen LogP contribution in [-0.2, 0) is 11.8 Å². The summed E-state index contributed by atoms with van der Waals surface area (Å²) in [6.07, 6.45) is 0.913. The van der Waals surface area contributed by atoms with Crippen molar-refractivity contribution in [3.63, 3.8) is 0 Å². The maximum Gasteiger partial charge on any atom is 0.160 e. The van der Waals surface area contributed by atoms with Gasteiger partial charge in [0.15, 0.2) is 11.2 Å². The highest BCUT2D eigenvalue weighted by molar-refractivity contribution is 6.31. The van der Waals surface area contributed by atoms with Crippen LogP contribution in [0.4, 0.5) is 34.1 Å². The summed E-state index contributed by atoms with van der Waals surface area (Å²) in [5.74, 6) is 0. The van der Waals surface area contributed by atoms with Crippen molar-refractivity contribution in [2.75, 3.05) is 9.80 Å². The predicted molar refractivity (Wildman–Crippen MR) is 264 cm³/mol. The maximum atomic E-state index is 7.62. The van der Waals surface area contributed by atoms with Crippen molar-refractivity contribution in [1.82, 2.24) is 0 Å². The van der Waals surface area contributed by atoms with Gasteiger partial charge in [-0.1, -0.05) is 159 Å². The van der Waals surface area contributed by atoms with E-state index in [0.717, 1.165) is 84.0 Å². The SMILES string of the molecule is CC1(C)c2ccccc2-c2ccc(N(c3ccccc3)c3cc4ccccc4c4c3oc3c(N(c5ccccc5)c5ccc6c(c5)Cc5ccccc5-6)cc5ccccc5c34)cc21. The highest BCUT2D eigenvalue weighted by atomic mass is 16.3. The second-order valence-electron chi connectivity index (χ2n) is 17.7. The van der Waals surface area contributed by atoms with Gasteiger partial charge in [-0.3, -0.25) is 0 Å². The van der Waals surface area contributed by atoms with E-state index in [-0.39, 0.29) is 5.41 Å². The predicted octanol–water partition coefficient (Wildman–Crippen LogP) is 16.7. The van der Waals surface area contributed by atoms with Crippen LogP contribution in [0.2, 0.25) is 0 Å². The van der Waals surface area contributed by atoms with Gasteiger partial charge in [-0.15, -0.1) is 0 Å². The Morgan fingerprint density at radius 3 is 1.49 bits per heavy atom. The van der Waals surface area contributed by atoms with Gasteiger partial charge in [-0.05, 0) is 133 Å². The fourth-order valence-electron chi connectivity index (χ4n) is 10.9. The summed E-state index contributed by atoms with van der Waals surface area (Å²) in [4.78, 5) is 4.81. The van der Waals surface area contributed by atoms with Crippen LogP contribution >= 0.6 is 0 Å². The number of hydrogen-bond acceptors (Lipinski definition) is 3. The number of para-hydroxylation sites is 2. The number of hydrogen-bond donors (Lipinski definition) is 0. The zero-order valence-electron chi connectivity index (χ0n) is 35.1.